The van der Waals surface area contributed by atoms with Crippen LogP contribution in [-0.2, 0) is 4.79 Å². The minimum atomic E-state index is -0.494. The Morgan fingerprint density at radius 2 is 1.71 bits per heavy atom. The molecule has 28 heavy (non-hydrogen) atoms. The van der Waals surface area contributed by atoms with E-state index in [-0.39, 0.29) is 11.8 Å². The van der Waals surface area contributed by atoms with Crippen molar-refractivity contribution in [2.24, 2.45) is 5.92 Å². The van der Waals surface area contributed by atoms with Crippen LogP contribution in [0.3, 0.4) is 0 Å². The topological polar surface area (TPSA) is 57.6 Å². The molecule has 1 aromatic carbocycles. The highest BCUT2D eigenvalue weighted by molar-refractivity contribution is 5.98. The molecule has 2 heterocycles. The first-order valence-corrected chi connectivity index (χ1v) is 9.95. The normalized spacial score (nSPS) is 16.2. The molecule has 6 nitrogen and oxygen atoms in total. The molecule has 6 heteroatoms. The summed E-state index contributed by atoms with van der Waals surface area (Å²) < 4.78 is 1.96. The maximum atomic E-state index is 13.0. The highest BCUT2D eigenvalue weighted by Crippen LogP contribution is 2.14. The molecule has 0 radical (unpaired) electrons. The molecule has 150 valence electrons. The fourth-order valence-electron chi connectivity index (χ4n) is 3.50. The summed E-state index contributed by atoms with van der Waals surface area (Å²) >= 11 is 0. The van der Waals surface area contributed by atoms with E-state index in [1.807, 2.05) is 52.2 Å². The van der Waals surface area contributed by atoms with E-state index in [9.17, 15) is 9.59 Å². The van der Waals surface area contributed by atoms with Gasteiger partial charge in [0.1, 0.15) is 6.04 Å². The summed E-state index contributed by atoms with van der Waals surface area (Å²) in [4.78, 5) is 30.0. The lowest BCUT2D eigenvalue weighted by atomic mass is 10.0. The van der Waals surface area contributed by atoms with Crippen LogP contribution in [0, 0.1) is 5.92 Å². The lowest BCUT2D eigenvalue weighted by molar-refractivity contribution is -0.135. The van der Waals surface area contributed by atoms with Crippen molar-refractivity contribution in [3.63, 3.8) is 0 Å². The number of carbonyl (C=O) groups excluding carboxylic acids is 2. The van der Waals surface area contributed by atoms with Gasteiger partial charge in [-0.2, -0.15) is 0 Å². The van der Waals surface area contributed by atoms with Crippen molar-refractivity contribution in [2.75, 3.05) is 33.2 Å². The lowest BCUT2D eigenvalue weighted by Crippen LogP contribution is -2.54. The highest BCUT2D eigenvalue weighted by Gasteiger charge is 2.28. The van der Waals surface area contributed by atoms with Gasteiger partial charge in [-0.15, -0.1) is 0 Å². The standard InChI is InChI=1S/C22H30N4O2/c1-17(2)15-20(22(28)26-13-11-24(3)12-14-26)23-21(27)18-7-6-8-19(16-18)25-9-4-5-10-25/h4-10,16-17,20H,11-15H2,1-3H3,(H,23,27)/t20-/m1/s1. The number of carbonyl (C=O) groups is 2. The fraction of sp³-hybridized carbons (Fsp3) is 0.455. The van der Waals surface area contributed by atoms with Crippen LogP contribution in [0.1, 0.15) is 30.6 Å². The molecule has 3 rings (SSSR count). The van der Waals surface area contributed by atoms with Gasteiger partial charge in [0.05, 0.1) is 0 Å². The van der Waals surface area contributed by atoms with Crippen molar-refractivity contribution in [1.29, 1.82) is 0 Å². The van der Waals surface area contributed by atoms with Crippen LogP contribution >= 0.6 is 0 Å². The van der Waals surface area contributed by atoms with Crippen LogP contribution in [0.2, 0.25) is 0 Å². The van der Waals surface area contributed by atoms with Gasteiger partial charge in [0.2, 0.25) is 5.91 Å². The maximum absolute atomic E-state index is 13.0. The van der Waals surface area contributed by atoms with Crippen molar-refractivity contribution in [3.8, 4) is 5.69 Å². The molecule has 0 bridgehead atoms. The van der Waals surface area contributed by atoms with E-state index in [1.54, 1.807) is 6.07 Å². The van der Waals surface area contributed by atoms with Gasteiger partial charge in [-0.3, -0.25) is 9.59 Å². The summed E-state index contributed by atoms with van der Waals surface area (Å²) in [6.45, 7) is 7.30. The molecule has 0 spiro atoms. The second-order valence-corrected chi connectivity index (χ2v) is 7.92. The molecule has 1 aliphatic rings. The van der Waals surface area contributed by atoms with Gasteiger partial charge in [0, 0.05) is 49.8 Å². The van der Waals surface area contributed by atoms with E-state index in [1.165, 1.54) is 0 Å². The molecular formula is C22H30N4O2. The highest BCUT2D eigenvalue weighted by atomic mass is 16.2. The number of hydrogen-bond acceptors (Lipinski definition) is 3. The number of nitrogens with zero attached hydrogens (tertiary/aromatic N) is 3. The van der Waals surface area contributed by atoms with Crippen molar-refractivity contribution in [2.45, 2.75) is 26.3 Å². The molecule has 1 saturated heterocycles. The van der Waals surface area contributed by atoms with Gasteiger partial charge in [0.15, 0.2) is 0 Å². The van der Waals surface area contributed by atoms with Crippen molar-refractivity contribution < 1.29 is 9.59 Å². The average molecular weight is 383 g/mol. The molecule has 1 aliphatic heterocycles. The largest absolute Gasteiger partial charge is 0.340 e. The van der Waals surface area contributed by atoms with Gasteiger partial charge >= 0.3 is 0 Å². The van der Waals surface area contributed by atoms with E-state index in [0.29, 0.717) is 31.0 Å². The number of aromatic nitrogens is 1. The Kier molecular flexibility index (Phi) is 6.52. The number of piperazine rings is 1. The molecule has 1 aromatic heterocycles. The Balaban J connectivity index is 1.72. The molecular weight excluding hydrogens is 352 g/mol. The number of amides is 2. The van der Waals surface area contributed by atoms with Gasteiger partial charge < -0.3 is 19.7 Å². The summed E-state index contributed by atoms with van der Waals surface area (Å²) in [6, 6.07) is 10.9. The zero-order valence-corrected chi connectivity index (χ0v) is 17.0. The minimum absolute atomic E-state index is 0.0247. The molecule has 0 unspecified atom stereocenters. The Morgan fingerprint density at radius 1 is 1.04 bits per heavy atom. The number of hydrogen-bond donors (Lipinski definition) is 1. The van der Waals surface area contributed by atoms with Gasteiger partial charge in [0.25, 0.3) is 5.91 Å². The number of likely N-dealkylation sites (N-methyl/N-ethyl adjacent to an activating group) is 1. The SMILES string of the molecule is CC(C)C[C@@H](NC(=O)c1cccc(-n2cccc2)c1)C(=O)N1CCN(C)CC1. The first kappa shape index (κ1) is 20.1. The monoisotopic (exact) mass is 382 g/mol. The van der Waals surface area contributed by atoms with Crippen LogP contribution in [0.5, 0.6) is 0 Å². The summed E-state index contributed by atoms with van der Waals surface area (Å²) in [5.74, 6) is 0.131. The van der Waals surface area contributed by atoms with E-state index < -0.39 is 6.04 Å². The van der Waals surface area contributed by atoms with Crippen LogP contribution < -0.4 is 5.32 Å². The number of nitrogens with one attached hydrogen (secondary N) is 1. The minimum Gasteiger partial charge on any atom is -0.340 e. The maximum Gasteiger partial charge on any atom is 0.252 e. The van der Waals surface area contributed by atoms with Crippen LogP contribution in [0.4, 0.5) is 0 Å². The first-order chi connectivity index (χ1) is 13.4. The molecule has 2 amide bonds. The first-order valence-electron chi connectivity index (χ1n) is 9.95. The number of rotatable bonds is 6. The summed E-state index contributed by atoms with van der Waals surface area (Å²) in [5.41, 5.74) is 1.48. The third-order valence-corrected chi connectivity index (χ3v) is 5.14. The lowest BCUT2D eigenvalue weighted by Gasteiger charge is -2.35. The van der Waals surface area contributed by atoms with E-state index in [0.717, 1.165) is 18.8 Å². The quantitative estimate of drug-likeness (QED) is 0.835. The second-order valence-electron chi connectivity index (χ2n) is 7.92. The van der Waals surface area contributed by atoms with Gasteiger partial charge in [-0.1, -0.05) is 19.9 Å². The third-order valence-electron chi connectivity index (χ3n) is 5.14. The number of benzene rings is 1. The molecule has 0 saturated carbocycles. The third kappa shape index (κ3) is 5.01. The predicted octanol–water partition coefficient (Wildman–Crippen LogP) is 2.40. The Hall–Kier alpha value is -2.60. The van der Waals surface area contributed by atoms with Crippen LogP contribution in [0.15, 0.2) is 48.8 Å². The van der Waals surface area contributed by atoms with Gasteiger partial charge in [-0.05, 0) is 49.7 Å². The molecule has 1 fully saturated rings. The molecule has 2 aromatic rings. The van der Waals surface area contributed by atoms with Gasteiger partial charge in [-0.25, -0.2) is 0 Å². The summed E-state index contributed by atoms with van der Waals surface area (Å²) in [6.07, 6.45) is 4.51. The van der Waals surface area contributed by atoms with Crippen molar-refractivity contribution in [1.82, 2.24) is 19.7 Å². The van der Waals surface area contributed by atoms with E-state index >= 15 is 0 Å². The summed E-state index contributed by atoms with van der Waals surface area (Å²) in [7, 11) is 2.06. The molecule has 1 atom stereocenters. The zero-order valence-electron chi connectivity index (χ0n) is 17.0. The van der Waals surface area contributed by atoms with E-state index in [2.05, 4.69) is 31.1 Å². The summed E-state index contributed by atoms with van der Waals surface area (Å²) in [5, 5.41) is 2.99. The molecule has 0 aliphatic carbocycles. The second kappa shape index (κ2) is 9.06. The van der Waals surface area contributed by atoms with Crippen LogP contribution in [0.25, 0.3) is 5.69 Å². The van der Waals surface area contributed by atoms with Crippen molar-refractivity contribution in [3.05, 3.63) is 54.4 Å². The smallest absolute Gasteiger partial charge is 0.252 e. The van der Waals surface area contributed by atoms with Crippen molar-refractivity contribution >= 4 is 11.8 Å². The Labute approximate surface area is 167 Å². The molecule has 1 N–H and O–H groups in total. The zero-order chi connectivity index (χ0) is 20.1. The van der Waals surface area contributed by atoms with E-state index in [4.69, 9.17) is 0 Å². The van der Waals surface area contributed by atoms with Crippen LogP contribution in [-0.4, -0.2) is 65.4 Å². The predicted molar refractivity (Wildman–Crippen MR) is 111 cm³/mol. The Morgan fingerprint density at radius 3 is 2.36 bits per heavy atom. The fourth-order valence-corrected chi connectivity index (χ4v) is 3.50. The average Bonchev–Trinajstić information content (AvgIpc) is 3.22. The Bertz CT molecular complexity index is 793.